The van der Waals surface area contributed by atoms with Crippen molar-refractivity contribution < 1.29 is 18.8 Å². The van der Waals surface area contributed by atoms with Crippen molar-refractivity contribution in [1.82, 2.24) is 10.6 Å². The van der Waals surface area contributed by atoms with E-state index in [1.165, 1.54) is 0 Å². The Balaban J connectivity index is 1.60. The molecule has 34 heavy (non-hydrogen) atoms. The highest BCUT2D eigenvalue weighted by atomic mass is 32.2. The molecule has 0 spiro atoms. The van der Waals surface area contributed by atoms with Gasteiger partial charge in [-0.2, -0.15) is 0 Å². The van der Waals surface area contributed by atoms with Gasteiger partial charge in [-0.1, -0.05) is 66.7 Å². The second kappa shape index (κ2) is 8.99. The topological polar surface area (TPSA) is 105 Å². The largest absolute Gasteiger partial charge is 0.450 e. The molecule has 3 amide bonds. The zero-order valence-electron chi connectivity index (χ0n) is 17.7. The van der Waals surface area contributed by atoms with Gasteiger partial charge >= 0.3 is 0 Å². The maximum atomic E-state index is 13.5. The summed E-state index contributed by atoms with van der Waals surface area (Å²) in [5.41, 5.74) is 2.41. The summed E-state index contributed by atoms with van der Waals surface area (Å²) in [7, 11) is 0. The van der Waals surface area contributed by atoms with Crippen molar-refractivity contribution >= 4 is 39.8 Å². The molecule has 1 atom stereocenters. The minimum atomic E-state index is -0.742. The predicted octanol–water partition coefficient (Wildman–Crippen LogP) is 4.21. The molecule has 4 aromatic rings. The van der Waals surface area contributed by atoms with E-state index in [1.54, 1.807) is 36.4 Å². The Bertz CT molecular complexity index is 1480. The van der Waals surface area contributed by atoms with E-state index in [0.717, 1.165) is 22.9 Å². The van der Waals surface area contributed by atoms with Gasteiger partial charge in [0, 0.05) is 6.54 Å². The number of nitrogens with one attached hydrogen (secondary N) is 2. The third-order valence-electron chi connectivity index (χ3n) is 5.48. The van der Waals surface area contributed by atoms with Crippen molar-refractivity contribution in [3.63, 3.8) is 0 Å². The fourth-order valence-electron chi connectivity index (χ4n) is 3.82. The standard InChI is InChI=1S/C26H18N2O5S/c29-22-18-12-11-17(15-7-3-1-4-8-15)13-19(18)33-23(21(22)16-9-5-2-6-10-16)25(31)27-14-20-24(30)28-26(32)34-20/h1-13,20H,14H2,(H,27,31)(H,28,30,32). The van der Waals surface area contributed by atoms with Crippen LogP contribution in [0.1, 0.15) is 10.6 Å². The Kier molecular flexibility index (Phi) is 5.73. The number of hydrogen-bond acceptors (Lipinski definition) is 6. The van der Waals surface area contributed by atoms with Crippen LogP contribution in [0.15, 0.2) is 88.1 Å². The fraction of sp³-hybridized carbons (Fsp3) is 0.0769. The molecule has 0 saturated carbocycles. The van der Waals surface area contributed by atoms with Crippen LogP contribution >= 0.6 is 11.8 Å². The highest BCUT2D eigenvalue weighted by molar-refractivity contribution is 8.15. The average molecular weight is 471 g/mol. The number of rotatable bonds is 5. The summed E-state index contributed by atoms with van der Waals surface area (Å²) >= 11 is 0.810. The Morgan fingerprint density at radius 2 is 1.56 bits per heavy atom. The molecule has 0 radical (unpaired) electrons. The molecule has 5 rings (SSSR count). The Hall–Kier alpha value is -4.17. The van der Waals surface area contributed by atoms with Crippen molar-refractivity contribution in [2.75, 3.05) is 6.54 Å². The number of thioether (sulfide) groups is 1. The van der Waals surface area contributed by atoms with Gasteiger partial charge in [0.2, 0.25) is 17.1 Å². The lowest BCUT2D eigenvalue weighted by Crippen LogP contribution is -2.36. The zero-order valence-corrected chi connectivity index (χ0v) is 18.6. The molecular weight excluding hydrogens is 452 g/mol. The molecule has 0 aliphatic carbocycles. The van der Waals surface area contributed by atoms with Crippen LogP contribution in [0.4, 0.5) is 4.79 Å². The summed E-state index contributed by atoms with van der Waals surface area (Å²) in [4.78, 5) is 49.9. The summed E-state index contributed by atoms with van der Waals surface area (Å²) in [5, 5.41) is 3.97. The van der Waals surface area contributed by atoms with E-state index in [2.05, 4.69) is 10.6 Å². The molecule has 1 unspecified atom stereocenters. The first-order chi connectivity index (χ1) is 16.5. The second-order valence-electron chi connectivity index (χ2n) is 7.67. The smallest absolute Gasteiger partial charge is 0.287 e. The number of fused-ring (bicyclic) bond motifs is 1. The Morgan fingerprint density at radius 1 is 0.882 bits per heavy atom. The van der Waals surface area contributed by atoms with E-state index in [1.807, 2.05) is 42.5 Å². The summed E-state index contributed by atoms with van der Waals surface area (Å²) < 4.78 is 6.03. The summed E-state index contributed by atoms with van der Waals surface area (Å²) in [6, 6.07) is 23.7. The van der Waals surface area contributed by atoms with E-state index in [-0.39, 0.29) is 28.9 Å². The van der Waals surface area contributed by atoms with Crippen molar-refractivity contribution in [2.45, 2.75) is 5.25 Å². The van der Waals surface area contributed by atoms with Crippen molar-refractivity contribution in [3.8, 4) is 22.3 Å². The quantitative estimate of drug-likeness (QED) is 0.453. The first-order valence-electron chi connectivity index (χ1n) is 10.5. The van der Waals surface area contributed by atoms with Gasteiger partial charge in [0.25, 0.3) is 11.1 Å². The highest BCUT2D eigenvalue weighted by Crippen LogP contribution is 2.28. The molecule has 2 heterocycles. The number of benzene rings is 3. The maximum absolute atomic E-state index is 13.5. The molecule has 7 nitrogen and oxygen atoms in total. The normalized spacial score (nSPS) is 15.4. The number of carbonyl (C=O) groups is 3. The number of carbonyl (C=O) groups excluding carboxylic acids is 3. The Labute approximate surface area is 198 Å². The van der Waals surface area contributed by atoms with E-state index < -0.39 is 22.3 Å². The fourth-order valence-corrected chi connectivity index (χ4v) is 4.57. The van der Waals surface area contributed by atoms with Gasteiger partial charge in [0.15, 0.2) is 0 Å². The van der Waals surface area contributed by atoms with Crippen molar-refractivity contribution in [2.24, 2.45) is 0 Å². The third-order valence-corrected chi connectivity index (χ3v) is 6.46. The van der Waals surface area contributed by atoms with Crippen molar-refractivity contribution in [3.05, 3.63) is 94.8 Å². The molecule has 1 aliphatic rings. The SMILES string of the molecule is O=C1NC(=O)C(CNC(=O)c2oc3cc(-c4ccccc4)ccc3c(=O)c2-c2ccccc2)S1. The van der Waals surface area contributed by atoms with Gasteiger partial charge in [-0.25, -0.2) is 0 Å². The average Bonchev–Trinajstić information content (AvgIpc) is 3.19. The van der Waals surface area contributed by atoms with E-state index in [4.69, 9.17) is 4.42 Å². The van der Waals surface area contributed by atoms with Crippen LogP contribution in [0.3, 0.4) is 0 Å². The summed E-state index contributed by atoms with van der Waals surface area (Å²) in [5.74, 6) is -1.26. The molecule has 1 saturated heterocycles. The molecular formula is C26H18N2O5S. The van der Waals surface area contributed by atoms with Crippen LogP contribution in [0.2, 0.25) is 0 Å². The molecule has 168 valence electrons. The lowest BCUT2D eigenvalue weighted by Gasteiger charge is -2.12. The lowest BCUT2D eigenvalue weighted by molar-refractivity contribution is -0.118. The zero-order chi connectivity index (χ0) is 23.7. The van der Waals surface area contributed by atoms with Gasteiger partial charge in [-0.05, 0) is 40.6 Å². The minimum Gasteiger partial charge on any atom is -0.450 e. The third kappa shape index (κ3) is 4.11. The molecule has 2 N–H and O–H groups in total. The predicted molar refractivity (Wildman–Crippen MR) is 131 cm³/mol. The van der Waals surface area contributed by atoms with Gasteiger partial charge in [0.05, 0.1) is 10.9 Å². The molecule has 8 heteroatoms. The van der Waals surface area contributed by atoms with Crippen LogP contribution in [-0.2, 0) is 4.79 Å². The highest BCUT2D eigenvalue weighted by Gasteiger charge is 2.32. The van der Waals surface area contributed by atoms with Crippen LogP contribution < -0.4 is 16.1 Å². The van der Waals surface area contributed by atoms with Gasteiger partial charge < -0.3 is 9.73 Å². The summed E-state index contributed by atoms with van der Waals surface area (Å²) in [6.07, 6.45) is 0. The van der Waals surface area contributed by atoms with Crippen LogP contribution in [-0.4, -0.2) is 28.8 Å². The molecule has 1 aromatic heterocycles. The molecule has 0 bridgehead atoms. The lowest BCUT2D eigenvalue weighted by atomic mass is 9.99. The van der Waals surface area contributed by atoms with Crippen LogP contribution in [0.5, 0.6) is 0 Å². The van der Waals surface area contributed by atoms with Crippen LogP contribution in [0, 0.1) is 0 Å². The van der Waals surface area contributed by atoms with E-state index in [0.29, 0.717) is 10.9 Å². The number of amides is 3. The van der Waals surface area contributed by atoms with Gasteiger partial charge in [0.1, 0.15) is 10.8 Å². The van der Waals surface area contributed by atoms with Crippen molar-refractivity contribution in [1.29, 1.82) is 0 Å². The summed E-state index contributed by atoms with van der Waals surface area (Å²) in [6.45, 7) is -0.0822. The monoisotopic (exact) mass is 470 g/mol. The second-order valence-corrected chi connectivity index (χ2v) is 8.85. The molecule has 1 fully saturated rings. The Morgan fingerprint density at radius 3 is 2.21 bits per heavy atom. The maximum Gasteiger partial charge on any atom is 0.287 e. The molecule has 1 aliphatic heterocycles. The van der Waals surface area contributed by atoms with E-state index >= 15 is 0 Å². The van der Waals surface area contributed by atoms with Gasteiger partial charge in [-0.3, -0.25) is 24.5 Å². The van der Waals surface area contributed by atoms with Crippen LogP contribution in [0.25, 0.3) is 33.2 Å². The first kappa shape index (κ1) is 21.7. The first-order valence-corrected chi connectivity index (χ1v) is 11.4. The minimum absolute atomic E-state index is 0.0822. The molecule has 3 aromatic carbocycles. The van der Waals surface area contributed by atoms with E-state index in [9.17, 15) is 19.2 Å². The number of imide groups is 1. The van der Waals surface area contributed by atoms with Gasteiger partial charge in [-0.15, -0.1) is 0 Å². The number of hydrogen-bond donors (Lipinski definition) is 2.